The molecule has 0 aliphatic rings. The number of nitrogens with zero attached hydrogens (tertiary/aromatic N) is 4. The highest BCUT2D eigenvalue weighted by Crippen LogP contribution is 2.28. The summed E-state index contributed by atoms with van der Waals surface area (Å²) >= 11 is 0. The lowest BCUT2D eigenvalue weighted by atomic mass is 10.1. The maximum absolute atomic E-state index is 13.4. The van der Waals surface area contributed by atoms with E-state index in [9.17, 15) is 4.79 Å². The predicted octanol–water partition coefficient (Wildman–Crippen LogP) is 4.80. The van der Waals surface area contributed by atoms with E-state index in [1.165, 1.54) is 10.2 Å². The van der Waals surface area contributed by atoms with Crippen molar-refractivity contribution >= 4 is 40.1 Å². The van der Waals surface area contributed by atoms with E-state index in [0.717, 1.165) is 18.4 Å². The largest absolute Gasteiger partial charge is 0.383 e. The average molecular weight is 463 g/mol. The number of nitrogen functional groups attached to an aromatic ring is 1. The Hall–Kier alpha value is -4.52. The summed E-state index contributed by atoms with van der Waals surface area (Å²) in [6.07, 6.45) is 3.36. The number of para-hydroxylation sites is 2. The average Bonchev–Trinajstić information content (AvgIpc) is 3.16. The fraction of sp³-hybridized carbons (Fsp3) is 0.143. The normalized spacial score (nSPS) is 12.4. The van der Waals surface area contributed by atoms with Gasteiger partial charge in [0, 0.05) is 6.04 Å². The van der Waals surface area contributed by atoms with Crippen LogP contribution in [0.15, 0.2) is 90.0 Å². The molecule has 0 spiro atoms. The Morgan fingerprint density at radius 1 is 0.971 bits per heavy atom. The van der Waals surface area contributed by atoms with E-state index in [-0.39, 0.29) is 23.3 Å². The van der Waals surface area contributed by atoms with Crippen molar-refractivity contribution in [2.75, 3.05) is 5.73 Å². The molecule has 3 aromatic carbocycles. The van der Waals surface area contributed by atoms with Gasteiger partial charge >= 0.3 is 0 Å². The van der Waals surface area contributed by atoms with Gasteiger partial charge in [0.05, 0.1) is 17.2 Å². The molecule has 0 fully saturated rings. The van der Waals surface area contributed by atoms with E-state index >= 15 is 0 Å². The minimum atomic E-state index is -0.286. The van der Waals surface area contributed by atoms with Gasteiger partial charge in [-0.05, 0) is 43.0 Å². The number of nitrogens with two attached hydrogens (primary N) is 1. The zero-order valence-electron chi connectivity index (χ0n) is 19.4. The number of anilines is 1. The van der Waals surface area contributed by atoms with Crippen molar-refractivity contribution in [3.8, 4) is 0 Å². The molecule has 0 unspecified atom stereocenters. The molecule has 174 valence electrons. The van der Waals surface area contributed by atoms with Crippen LogP contribution in [0.4, 0.5) is 5.82 Å². The molecule has 7 nitrogen and oxygen atoms in total. The smallest absolute Gasteiger partial charge is 0.257 e. The molecule has 35 heavy (non-hydrogen) atoms. The van der Waals surface area contributed by atoms with Gasteiger partial charge in [0.1, 0.15) is 16.9 Å². The Bertz CT molecular complexity index is 1510. The molecule has 2 heterocycles. The number of aromatic nitrogens is 3. The molecule has 0 aliphatic heterocycles. The van der Waals surface area contributed by atoms with Gasteiger partial charge in [-0.2, -0.15) is 9.78 Å². The summed E-state index contributed by atoms with van der Waals surface area (Å²) in [4.78, 5) is 22.9. The first-order chi connectivity index (χ1) is 17.1. The molecule has 7 heteroatoms. The minimum absolute atomic E-state index is 0.0539. The number of rotatable bonds is 7. The Morgan fingerprint density at radius 3 is 2.31 bits per heavy atom. The Labute approximate surface area is 203 Å². The fourth-order valence-corrected chi connectivity index (χ4v) is 4.05. The van der Waals surface area contributed by atoms with Crippen molar-refractivity contribution in [3.05, 3.63) is 102 Å². The zero-order valence-corrected chi connectivity index (χ0v) is 19.4. The number of fused-ring (bicyclic) bond motifs is 2. The van der Waals surface area contributed by atoms with Gasteiger partial charge in [0.2, 0.25) is 0 Å². The molecule has 0 saturated heterocycles. The van der Waals surface area contributed by atoms with Gasteiger partial charge in [-0.3, -0.25) is 4.79 Å². The quantitative estimate of drug-likeness (QED) is 0.340. The molecule has 0 saturated carbocycles. The third-order valence-corrected chi connectivity index (χ3v) is 5.91. The molecule has 0 bridgehead atoms. The summed E-state index contributed by atoms with van der Waals surface area (Å²) in [6.45, 7) is 1.99. The summed E-state index contributed by atoms with van der Waals surface area (Å²) in [5.41, 5.74) is 11.2. The Balaban J connectivity index is 1.50. The van der Waals surface area contributed by atoms with Crippen LogP contribution in [0.2, 0.25) is 0 Å². The van der Waals surface area contributed by atoms with Crippen LogP contribution in [0.5, 0.6) is 0 Å². The van der Waals surface area contributed by atoms with Gasteiger partial charge in [0.15, 0.2) is 5.65 Å². The monoisotopic (exact) mass is 462 g/mol. The second kappa shape index (κ2) is 9.77. The number of aryl methyl sites for hydroxylation is 1. The fourth-order valence-electron chi connectivity index (χ4n) is 4.05. The molecule has 0 radical (unpaired) electrons. The molecular formula is C28H26N6O. The standard InChI is InChI=1S/C28H26N6O/c1-19(16-17-20-10-4-2-5-11-20)31-28(35)24-25-27(33-23-15-9-8-14-22(23)32-25)34(26(24)29)30-18-21-12-6-3-7-13-21/h2-15,18-19H,16-17,29H2,1H3,(H,31,35)/b30-18-/t19-/m1/s1. The van der Waals surface area contributed by atoms with Crippen molar-refractivity contribution in [2.24, 2.45) is 5.10 Å². The highest BCUT2D eigenvalue weighted by atomic mass is 16.1. The molecule has 5 aromatic rings. The zero-order chi connectivity index (χ0) is 24.2. The SMILES string of the molecule is C[C@H](CCc1ccccc1)NC(=O)c1c(N)n(/N=C\c2ccccc2)c2nc3ccccc3nc12. The number of carbonyl (C=O) groups is 1. The maximum atomic E-state index is 13.4. The number of amides is 1. The van der Waals surface area contributed by atoms with Crippen LogP contribution >= 0.6 is 0 Å². The van der Waals surface area contributed by atoms with Crippen LogP contribution in [0, 0.1) is 0 Å². The van der Waals surface area contributed by atoms with E-state index in [1.54, 1.807) is 6.21 Å². The number of hydrogen-bond acceptors (Lipinski definition) is 5. The summed E-state index contributed by atoms with van der Waals surface area (Å²) in [7, 11) is 0. The minimum Gasteiger partial charge on any atom is -0.383 e. The van der Waals surface area contributed by atoms with Crippen LogP contribution in [0.25, 0.3) is 22.2 Å². The van der Waals surface area contributed by atoms with E-state index in [2.05, 4.69) is 22.6 Å². The molecule has 1 amide bonds. The van der Waals surface area contributed by atoms with Crippen molar-refractivity contribution in [3.63, 3.8) is 0 Å². The van der Waals surface area contributed by atoms with Crippen molar-refractivity contribution in [2.45, 2.75) is 25.8 Å². The van der Waals surface area contributed by atoms with Gasteiger partial charge in [-0.15, -0.1) is 0 Å². The molecule has 3 N–H and O–H groups in total. The molecule has 2 aromatic heterocycles. The van der Waals surface area contributed by atoms with Crippen LogP contribution in [0.3, 0.4) is 0 Å². The third-order valence-electron chi connectivity index (χ3n) is 5.91. The van der Waals surface area contributed by atoms with Gasteiger partial charge in [0.25, 0.3) is 5.91 Å². The maximum Gasteiger partial charge on any atom is 0.257 e. The highest BCUT2D eigenvalue weighted by molar-refractivity contribution is 6.10. The van der Waals surface area contributed by atoms with Crippen LogP contribution in [-0.2, 0) is 6.42 Å². The van der Waals surface area contributed by atoms with E-state index < -0.39 is 0 Å². The van der Waals surface area contributed by atoms with Crippen molar-refractivity contribution in [1.29, 1.82) is 0 Å². The molecule has 0 aliphatic carbocycles. The summed E-state index contributed by atoms with van der Waals surface area (Å²) in [5, 5.41) is 7.64. The lowest BCUT2D eigenvalue weighted by Crippen LogP contribution is -2.33. The molecule has 1 atom stereocenters. The number of carbonyl (C=O) groups excluding carboxylic acids is 1. The molecular weight excluding hydrogens is 436 g/mol. The highest BCUT2D eigenvalue weighted by Gasteiger charge is 2.25. The third kappa shape index (κ3) is 4.75. The van der Waals surface area contributed by atoms with Gasteiger partial charge in [-0.1, -0.05) is 72.8 Å². The Morgan fingerprint density at radius 2 is 1.60 bits per heavy atom. The van der Waals surface area contributed by atoms with Crippen molar-refractivity contribution in [1.82, 2.24) is 20.0 Å². The summed E-state index contributed by atoms with van der Waals surface area (Å²) in [5.74, 6) is -0.0819. The van der Waals surface area contributed by atoms with Crippen LogP contribution in [-0.4, -0.2) is 32.8 Å². The first-order valence-electron chi connectivity index (χ1n) is 11.6. The lowest BCUT2D eigenvalue weighted by Gasteiger charge is -2.14. The number of nitrogens with one attached hydrogen (secondary N) is 1. The number of benzene rings is 3. The molecule has 5 rings (SSSR count). The van der Waals surface area contributed by atoms with Gasteiger partial charge in [-0.25, -0.2) is 9.97 Å². The first-order valence-corrected chi connectivity index (χ1v) is 11.6. The van der Waals surface area contributed by atoms with E-state index in [1.807, 2.05) is 79.7 Å². The topological polar surface area (TPSA) is 98.2 Å². The first kappa shape index (κ1) is 22.3. The second-order valence-corrected chi connectivity index (χ2v) is 8.51. The lowest BCUT2D eigenvalue weighted by molar-refractivity contribution is 0.0940. The Kier molecular flexibility index (Phi) is 6.22. The number of hydrogen-bond donors (Lipinski definition) is 2. The predicted molar refractivity (Wildman–Crippen MR) is 141 cm³/mol. The second-order valence-electron chi connectivity index (χ2n) is 8.51. The van der Waals surface area contributed by atoms with Crippen LogP contribution < -0.4 is 11.1 Å². The van der Waals surface area contributed by atoms with Gasteiger partial charge < -0.3 is 11.1 Å². The van der Waals surface area contributed by atoms with E-state index in [4.69, 9.17) is 15.7 Å². The van der Waals surface area contributed by atoms with E-state index in [0.29, 0.717) is 22.2 Å². The summed E-state index contributed by atoms with van der Waals surface area (Å²) in [6, 6.07) is 27.4. The van der Waals surface area contributed by atoms with Crippen LogP contribution in [0.1, 0.15) is 34.8 Å². The van der Waals surface area contributed by atoms with Crippen molar-refractivity contribution < 1.29 is 4.79 Å². The summed E-state index contributed by atoms with van der Waals surface area (Å²) < 4.78 is 1.49.